The molecular weight excluding hydrogens is 261 g/mol. The molecule has 88 valence electrons. The molecule has 2 aromatic rings. The summed E-state index contributed by atoms with van der Waals surface area (Å²) in [5.74, 6) is 0.418. The van der Waals surface area contributed by atoms with Crippen LogP contribution in [0, 0.1) is 0 Å². The summed E-state index contributed by atoms with van der Waals surface area (Å²) in [6, 6.07) is 7.46. The Kier molecular flexibility index (Phi) is 3.61. The maximum absolute atomic E-state index is 5.87. The molecule has 0 aliphatic carbocycles. The third-order valence-corrected chi connectivity index (χ3v) is 2.37. The number of aromatic nitrogens is 3. The van der Waals surface area contributed by atoms with Gasteiger partial charge in [0.15, 0.2) is 0 Å². The number of nitrogens with zero attached hydrogens (tertiary/aromatic N) is 3. The van der Waals surface area contributed by atoms with Crippen LogP contribution in [0.4, 0.5) is 11.9 Å². The average molecular weight is 270 g/mol. The Labute approximate surface area is 108 Å². The van der Waals surface area contributed by atoms with E-state index in [1.165, 1.54) is 0 Å². The Morgan fingerprint density at radius 2 is 2.00 bits per heavy atom. The number of nitrogens with one attached hydrogen (secondary N) is 1. The molecule has 0 spiro atoms. The van der Waals surface area contributed by atoms with E-state index in [4.69, 9.17) is 28.9 Å². The SMILES string of the molecule is Nc1nc(Cl)nc(NCc2cccc(Cl)c2)n1. The molecule has 0 saturated heterocycles. The fourth-order valence-electron chi connectivity index (χ4n) is 1.27. The van der Waals surface area contributed by atoms with Crippen molar-refractivity contribution in [2.75, 3.05) is 11.1 Å². The summed E-state index contributed by atoms with van der Waals surface area (Å²) in [5.41, 5.74) is 6.45. The molecule has 1 aromatic heterocycles. The van der Waals surface area contributed by atoms with E-state index in [1.54, 1.807) is 0 Å². The third-order valence-electron chi connectivity index (χ3n) is 1.97. The number of anilines is 2. The lowest BCUT2D eigenvalue weighted by Crippen LogP contribution is -2.07. The smallest absolute Gasteiger partial charge is 0.229 e. The minimum absolute atomic E-state index is 0.0612. The quantitative estimate of drug-likeness (QED) is 0.895. The van der Waals surface area contributed by atoms with E-state index in [0.717, 1.165) is 5.56 Å². The number of benzene rings is 1. The van der Waals surface area contributed by atoms with Crippen LogP contribution in [-0.2, 0) is 6.54 Å². The van der Waals surface area contributed by atoms with E-state index in [2.05, 4.69) is 20.3 Å². The van der Waals surface area contributed by atoms with Crippen molar-refractivity contribution in [1.29, 1.82) is 0 Å². The summed E-state index contributed by atoms with van der Waals surface area (Å²) in [6.07, 6.45) is 0. The van der Waals surface area contributed by atoms with E-state index in [0.29, 0.717) is 17.5 Å². The van der Waals surface area contributed by atoms with E-state index >= 15 is 0 Å². The molecule has 5 nitrogen and oxygen atoms in total. The van der Waals surface area contributed by atoms with Gasteiger partial charge in [0.25, 0.3) is 0 Å². The van der Waals surface area contributed by atoms with E-state index in [9.17, 15) is 0 Å². The molecule has 0 aliphatic rings. The van der Waals surface area contributed by atoms with Crippen molar-refractivity contribution in [2.45, 2.75) is 6.54 Å². The van der Waals surface area contributed by atoms with Gasteiger partial charge in [-0.3, -0.25) is 0 Å². The van der Waals surface area contributed by atoms with Crippen molar-refractivity contribution in [3.63, 3.8) is 0 Å². The average Bonchev–Trinajstić information content (AvgIpc) is 2.25. The van der Waals surface area contributed by atoms with Crippen LogP contribution in [0.3, 0.4) is 0 Å². The summed E-state index contributed by atoms with van der Waals surface area (Å²) in [5, 5.41) is 3.72. The van der Waals surface area contributed by atoms with Crippen molar-refractivity contribution < 1.29 is 0 Å². The van der Waals surface area contributed by atoms with E-state index < -0.39 is 0 Å². The molecule has 0 unspecified atom stereocenters. The molecule has 0 atom stereocenters. The zero-order valence-electron chi connectivity index (χ0n) is 8.69. The third kappa shape index (κ3) is 3.44. The lowest BCUT2D eigenvalue weighted by atomic mass is 10.2. The van der Waals surface area contributed by atoms with Crippen molar-refractivity contribution in [3.05, 3.63) is 40.1 Å². The first-order chi connectivity index (χ1) is 8.13. The standard InChI is InChI=1S/C10H9Cl2N5/c11-7-3-1-2-6(4-7)5-14-10-16-8(12)15-9(13)17-10/h1-4H,5H2,(H3,13,14,15,16,17). The molecule has 1 heterocycles. The second-order valence-electron chi connectivity index (χ2n) is 3.27. The Morgan fingerprint density at radius 3 is 2.71 bits per heavy atom. The van der Waals surface area contributed by atoms with Crippen LogP contribution in [0.5, 0.6) is 0 Å². The van der Waals surface area contributed by atoms with Gasteiger partial charge in [-0.1, -0.05) is 23.7 Å². The fourth-order valence-corrected chi connectivity index (χ4v) is 1.65. The van der Waals surface area contributed by atoms with E-state index in [-0.39, 0.29) is 11.2 Å². The maximum atomic E-state index is 5.87. The normalized spacial score (nSPS) is 10.2. The minimum Gasteiger partial charge on any atom is -0.368 e. The molecule has 2 rings (SSSR count). The van der Waals surface area contributed by atoms with Gasteiger partial charge in [0.1, 0.15) is 0 Å². The molecule has 0 bridgehead atoms. The van der Waals surface area contributed by atoms with Gasteiger partial charge in [-0.2, -0.15) is 15.0 Å². The van der Waals surface area contributed by atoms with Crippen LogP contribution in [0.15, 0.2) is 24.3 Å². The van der Waals surface area contributed by atoms with Gasteiger partial charge in [-0.25, -0.2) is 0 Å². The Hall–Kier alpha value is -1.59. The lowest BCUT2D eigenvalue weighted by Gasteiger charge is -2.05. The van der Waals surface area contributed by atoms with Gasteiger partial charge in [0.2, 0.25) is 17.2 Å². The molecule has 7 heteroatoms. The summed E-state index contributed by atoms with van der Waals surface area (Å²) in [6.45, 7) is 0.528. The van der Waals surface area contributed by atoms with Crippen molar-refractivity contribution in [2.24, 2.45) is 0 Å². The highest BCUT2D eigenvalue weighted by molar-refractivity contribution is 6.30. The second kappa shape index (κ2) is 5.16. The van der Waals surface area contributed by atoms with Crippen LogP contribution < -0.4 is 11.1 Å². The molecule has 17 heavy (non-hydrogen) atoms. The highest BCUT2D eigenvalue weighted by atomic mass is 35.5. The first-order valence-electron chi connectivity index (χ1n) is 4.79. The Balaban J connectivity index is 2.07. The molecular formula is C10H9Cl2N5. The summed E-state index contributed by atoms with van der Waals surface area (Å²) in [7, 11) is 0. The van der Waals surface area contributed by atoms with Crippen LogP contribution in [-0.4, -0.2) is 15.0 Å². The summed E-state index contributed by atoms with van der Waals surface area (Å²) >= 11 is 11.5. The number of nitrogens with two attached hydrogens (primary N) is 1. The number of rotatable bonds is 3. The Bertz CT molecular complexity index is 512. The first kappa shape index (κ1) is 11.9. The number of nitrogen functional groups attached to an aromatic ring is 1. The molecule has 1 aromatic carbocycles. The second-order valence-corrected chi connectivity index (χ2v) is 4.04. The van der Waals surface area contributed by atoms with Gasteiger partial charge in [-0.05, 0) is 29.3 Å². The highest BCUT2D eigenvalue weighted by Crippen LogP contribution is 2.12. The minimum atomic E-state index is 0.0612. The Morgan fingerprint density at radius 1 is 1.18 bits per heavy atom. The zero-order valence-corrected chi connectivity index (χ0v) is 10.2. The van der Waals surface area contributed by atoms with Gasteiger partial charge < -0.3 is 11.1 Å². The van der Waals surface area contributed by atoms with Gasteiger partial charge in [0.05, 0.1) is 0 Å². The lowest BCUT2D eigenvalue weighted by molar-refractivity contribution is 1.01. The monoisotopic (exact) mass is 269 g/mol. The molecule has 0 fully saturated rings. The zero-order chi connectivity index (χ0) is 12.3. The number of hydrogen-bond acceptors (Lipinski definition) is 5. The van der Waals surface area contributed by atoms with Gasteiger partial charge in [0, 0.05) is 11.6 Å². The van der Waals surface area contributed by atoms with Crippen molar-refractivity contribution in [1.82, 2.24) is 15.0 Å². The molecule has 0 amide bonds. The van der Waals surface area contributed by atoms with E-state index in [1.807, 2.05) is 24.3 Å². The molecule has 3 N–H and O–H groups in total. The largest absolute Gasteiger partial charge is 0.368 e. The van der Waals surface area contributed by atoms with Crippen LogP contribution in [0.2, 0.25) is 10.3 Å². The summed E-state index contributed by atoms with van der Waals surface area (Å²) < 4.78 is 0. The highest BCUT2D eigenvalue weighted by Gasteiger charge is 2.02. The molecule has 0 aliphatic heterocycles. The topological polar surface area (TPSA) is 76.7 Å². The fraction of sp³-hybridized carbons (Fsp3) is 0.100. The van der Waals surface area contributed by atoms with Crippen molar-refractivity contribution in [3.8, 4) is 0 Å². The number of halogens is 2. The van der Waals surface area contributed by atoms with Gasteiger partial charge >= 0.3 is 0 Å². The van der Waals surface area contributed by atoms with Crippen LogP contribution in [0.25, 0.3) is 0 Å². The predicted molar refractivity (Wildman–Crippen MR) is 68.0 cm³/mol. The first-order valence-corrected chi connectivity index (χ1v) is 5.54. The molecule has 0 saturated carbocycles. The van der Waals surface area contributed by atoms with Crippen molar-refractivity contribution >= 4 is 35.1 Å². The maximum Gasteiger partial charge on any atom is 0.229 e. The summed E-state index contributed by atoms with van der Waals surface area (Å²) in [4.78, 5) is 11.5. The number of hydrogen-bond donors (Lipinski definition) is 2. The molecule has 0 radical (unpaired) electrons. The van der Waals surface area contributed by atoms with Crippen LogP contribution >= 0.6 is 23.2 Å². The van der Waals surface area contributed by atoms with Gasteiger partial charge in [-0.15, -0.1) is 0 Å². The predicted octanol–water partition coefficient (Wildman–Crippen LogP) is 2.37. The van der Waals surface area contributed by atoms with Crippen LogP contribution in [0.1, 0.15) is 5.56 Å².